The molecule has 6 nitrogen and oxygen atoms in total. The Kier molecular flexibility index (Phi) is 6.87. The van der Waals surface area contributed by atoms with Gasteiger partial charge in [-0.05, 0) is 55.8 Å². The molecule has 3 aromatic carbocycles. The molecule has 0 fully saturated rings. The van der Waals surface area contributed by atoms with E-state index in [2.05, 4.69) is 5.32 Å². The standard InChI is InChI=1S/C23H23ClN2O4S/c1-16-8-11-18(12-9-16)31(28,29)26(21-7-5-4-6-19(21)24)15-23(27)25-20-14-17(2)10-13-22(20)30-3/h4-14H,15H2,1-3H3,(H,25,27). The Hall–Kier alpha value is -3.03. The number of benzene rings is 3. The molecule has 0 aliphatic rings. The first-order valence-electron chi connectivity index (χ1n) is 9.51. The van der Waals surface area contributed by atoms with Crippen molar-refractivity contribution < 1.29 is 17.9 Å². The number of carbonyl (C=O) groups is 1. The SMILES string of the molecule is COc1ccc(C)cc1NC(=O)CN(c1ccccc1Cl)S(=O)(=O)c1ccc(C)cc1. The Balaban J connectivity index is 1.98. The van der Waals surface area contributed by atoms with Gasteiger partial charge in [-0.2, -0.15) is 0 Å². The van der Waals surface area contributed by atoms with Gasteiger partial charge in [-0.3, -0.25) is 9.10 Å². The van der Waals surface area contributed by atoms with Crippen LogP contribution in [0.3, 0.4) is 0 Å². The molecule has 0 radical (unpaired) electrons. The van der Waals surface area contributed by atoms with Crippen LogP contribution in [0.2, 0.25) is 5.02 Å². The summed E-state index contributed by atoms with van der Waals surface area (Å²) in [5.74, 6) is -0.0517. The topological polar surface area (TPSA) is 75.7 Å². The minimum Gasteiger partial charge on any atom is -0.495 e. The number of sulfonamides is 1. The molecule has 0 saturated heterocycles. The number of ether oxygens (including phenoxy) is 1. The number of hydrogen-bond acceptors (Lipinski definition) is 4. The maximum Gasteiger partial charge on any atom is 0.264 e. The van der Waals surface area contributed by atoms with Gasteiger partial charge in [0.25, 0.3) is 10.0 Å². The van der Waals surface area contributed by atoms with Crippen molar-refractivity contribution in [2.45, 2.75) is 18.7 Å². The van der Waals surface area contributed by atoms with E-state index in [9.17, 15) is 13.2 Å². The number of methoxy groups -OCH3 is 1. The number of amides is 1. The first-order chi connectivity index (χ1) is 14.7. The molecule has 3 aromatic rings. The summed E-state index contributed by atoms with van der Waals surface area (Å²) < 4.78 is 33.1. The van der Waals surface area contributed by atoms with Crippen molar-refractivity contribution in [1.29, 1.82) is 0 Å². The van der Waals surface area contributed by atoms with Crippen molar-refractivity contribution >= 4 is 38.9 Å². The second kappa shape index (κ2) is 9.41. The van der Waals surface area contributed by atoms with Crippen LogP contribution in [-0.2, 0) is 14.8 Å². The van der Waals surface area contributed by atoms with E-state index >= 15 is 0 Å². The van der Waals surface area contributed by atoms with Crippen LogP contribution in [0.1, 0.15) is 11.1 Å². The van der Waals surface area contributed by atoms with Gasteiger partial charge >= 0.3 is 0 Å². The van der Waals surface area contributed by atoms with Crippen molar-refractivity contribution in [3.63, 3.8) is 0 Å². The first kappa shape index (κ1) is 22.7. The number of rotatable bonds is 7. The van der Waals surface area contributed by atoms with Crippen molar-refractivity contribution in [3.05, 3.63) is 82.9 Å². The van der Waals surface area contributed by atoms with Crippen molar-refractivity contribution in [3.8, 4) is 5.75 Å². The summed E-state index contributed by atoms with van der Waals surface area (Å²) in [7, 11) is -2.55. The number of hydrogen-bond donors (Lipinski definition) is 1. The zero-order valence-corrected chi connectivity index (χ0v) is 19.0. The fourth-order valence-electron chi connectivity index (χ4n) is 3.03. The van der Waals surface area contributed by atoms with Crippen molar-refractivity contribution in [1.82, 2.24) is 0 Å². The van der Waals surface area contributed by atoms with Gasteiger partial charge in [0, 0.05) is 0 Å². The zero-order chi connectivity index (χ0) is 22.6. The predicted molar refractivity (Wildman–Crippen MR) is 124 cm³/mol. The fraction of sp³-hybridized carbons (Fsp3) is 0.174. The van der Waals surface area contributed by atoms with E-state index in [4.69, 9.17) is 16.3 Å². The Morgan fingerprint density at radius 3 is 2.29 bits per heavy atom. The second-order valence-electron chi connectivity index (χ2n) is 7.03. The van der Waals surface area contributed by atoms with Gasteiger partial charge in [0.2, 0.25) is 5.91 Å². The Morgan fingerprint density at radius 2 is 1.65 bits per heavy atom. The van der Waals surface area contributed by atoms with Crippen LogP contribution < -0.4 is 14.4 Å². The molecule has 0 unspecified atom stereocenters. The summed E-state index contributed by atoms with van der Waals surface area (Å²) in [6.45, 7) is 3.29. The Morgan fingerprint density at radius 1 is 1.00 bits per heavy atom. The van der Waals surface area contributed by atoms with Crippen LogP contribution in [0.15, 0.2) is 71.6 Å². The molecule has 0 heterocycles. The van der Waals surface area contributed by atoms with Crippen LogP contribution in [-0.4, -0.2) is 28.0 Å². The van der Waals surface area contributed by atoms with E-state index in [1.165, 1.54) is 19.2 Å². The molecule has 1 amide bonds. The number of carbonyl (C=O) groups excluding carboxylic acids is 1. The molecule has 8 heteroatoms. The van der Waals surface area contributed by atoms with Crippen LogP contribution >= 0.6 is 11.6 Å². The first-order valence-corrected chi connectivity index (χ1v) is 11.3. The summed E-state index contributed by atoms with van der Waals surface area (Å²) >= 11 is 6.29. The molecule has 0 bridgehead atoms. The summed E-state index contributed by atoms with van der Waals surface area (Å²) in [5.41, 5.74) is 2.52. The summed E-state index contributed by atoms with van der Waals surface area (Å²) in [4.78, 5) is 13.0. The second-order valence-corrected chi connectivity index (χ2v) is 9.30. The van der Waals surface area contributed by atoms with E-state index in [0.29, 0.717) is 11.4 Å². The molecule has 0 saturated carbocycles. The molecule has 31 heavy (non-hydrogen) atoms. The minimum atomic E-state index is -4.05. The van der Waals surface area contributed by atoms with Crippen LogP contribution in [0, 0.1) is 13.8 Å². The predicted octanol–water partition coefficient (Wildman–Crippen LogP) is 4.80. The molecular formula is C23H23ClN2O4S. The van der Waals surface area contributed by atoms with Crippen molar-refractivity contribution in [2.75, 3.05) is 23.3 Å². The average Bonchev–Trinajstić information content (AvgIpc) is 2.73. The van der Waals surface area contributed by atoms with E-state index in [-0.39, 0.29) is 15.6 Å². The largest absolute Gasteiger partial charge is 0.495 e. The molecule has 0 aliphatic carbocycles. The quantitative estimate of drug-likeness (QED) is 0.551. The van der Waals surface area contributed by atoms with Gasteiger partial charge < -0.3 is 10.1 Å². The minimum absolute atomic E-state index is 0.0685. The lowest BCUT2D eigenvalue weighted by molar-refractivity contribution is -0.114. The lowest BCUT2D eigenvalue weighted by atomic mass is 10.2. The third-order valence-electron chi connectivity index (χ3n) is 4.65. The lowest BCUT2D eigenvalue weighted by Gasteiger charge is -2.25. The van der Waals surface area contributed by atoms with Gasteiger partial charge in [0.15, 0.2) is 0 Å². The fourth-order valence-corrected chi connectivity index (χ4v) is 4.76. The highest BCUT2D eigenvalue weighted by molar-refractivity contribution is 7.92. The van der Waals surface area contributed by atoms with Crippen molar-refractivity contribution in [2.24, 2.45) is 0 Å². The maximum absolute atomic E-state index is 13.4. The normalized spacial score (nSPS) is 11.1. The monoisotopic (exact) mass is 458 g/mol. The van der Waals surface area contributed by atoms with Crippen LogP contribution in [0.25, 0.3) is 0 Å². The van der Waals surface area contributed by atoms with E-state index < -0.39 is 22.5 Å². The van der Waals surface area contributed by atoms with E-state index in [1.54, 1.807) is 48.5 Å². The number of halogens is 1. The van der Waals surface area contributed by atoms with Gasteiger partial charge in [-0.25, -0.2) is 8.42 Å². The number of nitrogens with zero attached hydrogens (tertiary/aromatic N) is 1. The third-order valence-corrected chi connectivity index (χ3v) is 6.74. The number of anilines is 2. The Labute approximate surface area is 187 Å². The molecule has 162 valence electrons. The van der Waals surface area contributed by atoms with Gasteiger partial charge in [-0.15, -0.1) is 0 Å². The van der Waals surface area contributed by atoms with Crippen LogP contribution in [0.4, 0.5) is 11.4 Å². The van der Waals surface area contributed by atoms with E-state index in [1.807, 2.05) is 19.9 Å². The molecule has 0 spiro atoms. The Bertz CT molecular complexity index is 1190. The summed E-state index contributed by atoms with van der Waals surface area (Å²) in [6, 6.07) is 18.3. The summed E-state index contributed by atoms with van der Waals surface area (Å²) in [5, 5.41) is 2.96. The third kappa shape index (κ3) is 5.18. The highest BCUT2D eigenvalue weighted by Crippen LogP contribution is 2.31. The zero-order valence-electron chi connectivity index (χ0n) is 17.4. The van der Waals surface area contributed by atoms with Gasteiger partial charge in [0.05, 0.1) is 28.4 Å². The molecule has 0 aliphatic heterocycles. The molecule has 0 aromatic heterocycles. The highest BCUT2D eigenvalue weighted by atomic mass is 35.5. The van der Waals surface area contributed by atoms with Gasteiger partial charge in [0.1, 0.15) is 12.3 Å². The highest BCUT2D eigenvalue weighted by Gasteiger charge is 2.29. The smallest absolute Gasteiger partial charge is 0.264 e. The molecular weight excluding hydrogens is 436 g/mol. The van der Waals surface area contributed by atoms with Crippen LogP contribution in [0.5, 0.6) is 5.75 Å². The van der Waals surface area contributed by atoms with Gasteiger partial charge in [-0.1, -0.05) is 47.5 Å². The lowest BCUT2D eigenvalue weighted by Crippen LogP contribution is -2.38. The molecule has 3 rings (SSSR count). The number of nitrogens with one attached hydrogen (secondary N) is 1. The number of para-hydroxylation sites is 1. The molecule has 1 N–H and O–H groups in total. The average molecular weight is 459 g/mol. The summed E-state index contributed by atoms with van der Waals surface area (Å²) in [6.07, 6.45) is 0. The van der Waals surface area contributed by atoms with E-state index in [0.717, 1.165) is 15.4 Å². The maximum atomic E-state index is 13.4. The molecule has 0 atom stereocenters. The number of aryl methyl sites for hydroxylation is 2.